The summed E-state index contributed by atoms with van der Waals surface area (Å²) < 4.78 is 0. The molecule has 4 rings (SSSR count). The number of aryl methyl sites for hydroxylation is 1. The van der Waals surface area contributed by atoms with E-state index in [9.17, 15) is 4.79 Å². The summed E-state index contributed by atoms with van der Waals surface area (Å²) in [4.78, 5) is 19.1. The maximum Gasteiger partial charge on any atom is 0.219 e. The molecule has 0 spiro atoms. The Morgan fingerprint density at radius 3 is 2.65 bits per heavy atom. The summed E-state index contributed by atoms with van der Waals surface area (Å²) in [5.74, 6) is 0.119. The van der Waals surface area contributed by atoms with Gasteiger partial charge in [-0.1, -0.05) is 41.9 Å². The number of para-hydroxylation sites is 1. The van der Waals surface area contributed by atoms with Gasteiger partial charge in [0.15, 0.2) is 0 Å². The number of halogens is 1. The highest BCUT2D eigenvalue weighted by Gasteiger charge is 2.31. The Balaban J connectivity index is 1.88. The number of benzene rings is 2. The molecule has 1 aliphatic rings. The van der Waals surface area contributed by atoms with Crippen LogP contribution in [0.4, 0.5) is 0 Å². The molecule has 1 fully saturated rings. The summed E-state index contributed by atoms with van der Waals surface area (Å²) in [7, 11) is 0. The van der Waals surface area contributed by atoms with Crippen LogP contribution < -0.4 is 0 Å². The summed E-state index contributed by atoms with van der Waals surface area (Å²) in [6.07, 6.45) is 2.18. The van der Waals surface area contributed by atoms with Crippen LogP contribution in [-0.2, 0) is 11.3 Å². The lowest BCUT2D eigenvalue weighted by atomic mass is 10.0. The molecule has 1 saturated carbocycles. The number of fused-ring (bicyclic) bond motifs is 1. The Morgan fingerprint density at radius 1 is 1.19 bits per heavy atom. The van der Waals surface area contributed by atoms with E-state index in [2.05, 4.69) is 25.1 Å². The number of amides is 1. The lowest BCUT2D eigenvalue weighted by Crippen LogP contribution is -2.30. The quantitative estimate of drug-likeness (QED) is 0.623. The summed E-state index contributed by atoms with van der Waals surface area (Å²) in [5, 5.41) is 1.79. The van der Waals surface area contributed by atoms with E-state index in [4.69, 9.17) is 16.6 Å². The molecule has 1 aromatic heterocycles. The third-order valence-electron chi connectivity index (χ3n) is 4.96. The number of nitrogens with zero attached hydrogens (tertiary/aromatic N) is 2. The first-order valence-corrected chi connectivity index (χ1v) is 9.33. The highest BCUT2D eigenvalue weighted by atomic mass is 35.5. The molecule has 1 amide bonds. The summed E-state index contributed by atoms with van der Waals surface area (Å²) in [5.41, 5.74) is 5.08. The zero-order valence-electron chi connectivity index (χ0n) is 15.0. The first kappa shape index (κ1) is 17.0. The molecule has 3 aromatic rings. The van der Waals surface area contributed by atoms with Crippen LogP contribution in [-0.4, -0.2) is 21.8 Å². The van der Waals surface area contributed by atoms with Crippen molar-refractivity contribution < 1.29 is 4.79 Å². The van der Waals surface area contributed by atoms with Crippen LogP contribution in [0, 0.1) is 6.92 Å². The molecule has 0 bridgehead atoms. The molecule has 26 heavy (non-hydrogen) atoms. The second-order valence-electron chi connectivity index (χ2n) is 7.03. The normalized spacial score (nSPS) is 13.8. The van der Waals surface area contributed by atoms with Gasteiger partial charge in [0.25, 0.3) is 0 Å². The zero-order valence-corrected chi connectivity index (χ0v) is 15.8. The number of hydrogen-bond donors (Lipinski definition) is 0. The van der Waals surface area contributed by atoms with E-state index in [-0.39, 0.29) is 5.91 Å². The average molecular weight is 365 g/mol. The topological polar surface area (TPSA) is 33.2 Å². The zero-order chi connectivity index (χ0) is 18.3. The second-order valence-corrected chi connectivity index (χ2v) is 7.47. The van der Waals surface area contributed by atoms with Gasteiger partial charge < -0.3 is 4.90 Å². The van der Waals surface area contributed by atoms with Crippen molar-refractivity contribution in [3.05, 3.63) is 64.7 Å². The number of carbonyl (C=O) groups is 1. The fraction of sp³-hybridized carbons (Fsp3) is 0.273. The average Bonchev–Trinajstić information content (AvgIpc) is 3.44. The van der Waals surface area contributed by atoms with E-state index in [0.717, 1.165) is 46.1 Å². The van der Waals surface area contributed by atoms with Crippen molar-refractivity contribution >= 4 is 28.4 Å². The van der Waals surface area contributed by atoms with Crippen molar-refractivity contribution in [2.75, 3.05) is 0 Å². The van der Waals surface area contributed by atoms with Gasteiger partial charge in [-0.3, -0.25) is 4.79 Å². The van der Waals surface area contributed by atoms with Crippen molar-refractivity contribution in [1.29, 1.82) is 0 Å². The van der Waals surface area contributed by atoms with Gasteiger partial charge >= 0.3 is 0 Å². The standard InChI is InChI=1S/C22H21ClN2O/c1-14-5-3-6-16-11-18(13-25(15(2)26)20-9-10-20)22(24-21(14)16)17-7-4-8-19(23)12-17/h3-8,11-12,20H,9-10,13H2,1-2H3. The van der Waals surface area contributed by atoms with Crippen LogP contribution in [0.25, 0.3) is 22.2 Å². The van der Waals surface area contributed by atoms with Gasteiger partial charge in [-0.15, -0.1) is 0 Å². The minimum absolute atomic E-state index is 0.119. The largest absolute Gasteiger partial charge is 0.336 e. The number of aromatic nitrogens is 1. The molecule has 3 nitrogen and oxygen atoms in total. The van der Waals surface area contributed by atoms with Crippen LogP contribution in [0.1, 0.15) is 30.9 Å². The third kappa shape index (κ3) is 3.32. The Labute approximate surface area is 158 Å². The Morgan fingerprint density at radius 2 is 1.96 bits per heavy atom. The lowest BCUT2D eigenvalue weighted by Gasteiger charge is -2.22. The van der Waals surface area contributed by atoms with Gasteiger partial charge in [-0.05, 0) is 49.1 Å². The Kier molecular flexibility index (Phi) is 4.41. The van der Waals surface area contributed by atoms with E-state index in [0.29, 0.717) is 17.6 Å². The first-order chi connectivity index (χ1) is 12.5. The van der Waals surface area contributed by atoms with Crippen LogP contribution in [0.3, 0.4) is 0 Å². The Bertz CT molecular complexity index is 995. The number of pyridine rings is 1. The minimum Gasteiger partial charge on any atom is -0.336 e. The molecule has 0 radical (unpaired) electrons. The maximum atomic E-state index is 12.1. The Hall–Kier alpha value is -2.39. The molecule has 0 atom stereocenters. The van der Waals surface area contributed by atoms with Gasteiger partial charge in [-0.2, -0.15) is 0 Å². The smallest absolute Gasteiger partial charge is 0.219 e. The predicted octanol–water partition coefficient (Wildman–Crippen LogP) is 5.37. The molecular weight excluding hydrogens is 344 g/mol. The van der Waals surface area contributed by atoms with Gasteiger partial charge in [0.2, 0.25) is 5.91 Å². The monoisotopic (exact) mass is 364 g/mol. The fourth-order valence-electron chi connectivity index (χ4n) is 3.46. The molecule has 0 N–H and O–H groups in total. The van der Waals surface area contributed by atoms with Gasteiger partial charge in [-0.25, -0.2) is 4.98 Å². The number of hydrogen-bond acceptors (Lipinski definition) is 2. The molecular formula is C22H21ClN2O. The van der Waals surface area contributed by atoms with Crippen LogP contribution in [0.5, 0.6) is 0 Å². The summed E-state index contributed by atoms with van der Waals surface area (Å²) >= 11 is 6.22. The first-order valence-electron chi connectivity index (χ1n) is 8.95. The van der Waals surface area contributed by atoms with Crippen molar-refractivity contribution in [2.24, 2.45) is 0 Å². The van der Waals surface area contributed by atoms with Crippen LogP contribution >= 0.6 is 11.6 Å². The lowest BCUT2D eigenvalue weighted by molar-refractivity contribution is -0.130. The maximum absolute atomic E-state index is 12.1. The predicted molar refractivity (Wildman–Crippen MR) is 106 cm³/mol. The van der Waals surface area contributed by atoms with Crippen molar-refractivity contribution in [3.63, 3.8) is 0 Å². The SMILES string of the molecule is CC(=O)N(Cc1cc2cccc(C)c2nc1-c1cccc(Cl)c1)C1CC1. The van der Waals surface area contributed by atoms with Crippen LogP contribution in [0.2, 0.25) is 5.02 Å². The molecule has 4 heteroatoms. The van der Waals surface area contributed by atoms with Gasteiger partial charge in [0, 0.05) is 35.5 Å². The fourth-order valence-corrected chi connectivity index (χ4v) is 3.65. The van der Waals surface area contributed by atoms with Gasteiger partial charge in [0.1, 0.15) is 0 Å². The number of carbonyl (C=O) groups excluding carboxylic acids is 1. The van der Waals surface area contributed by atoms with E-state index in [1.165, 1.54) is 0 Å². The third-order valence-corrected chi connectivity index (χ3v) is 5.19. The molecule has 0 saturated heterocycles. The number of rotatable bonds is 4. The molecule has 132 valence electrons. The summed E-state index contributed by atoms with van der Waals surface area (Å²) in [6.45, 7) is 4.30. The van der Waals surface area contributed by atoms with Crippen molar-refractivity contribution in [1.82, 2.24) is 9.88 Å². The van der Waals surface area contributed by atoms with E-state index >= 15 is 0 Å². The van der Waals surface area contributed by atoms with Crippen molar-refractivity contribution in [2.45, 2.75) is 39.3 Å². The van der Waals surface area contributed by atoms with Crippen LogP contribution in [0.15, 0.2) is 48.5 Å². The minimum atomic E-state index is 0.119. The van der Waals surface area contributed by atoms with Crippen molar-refractivity contribution in [3.8, 4) is 11.3 Å². The molecule has 1 heterocycles. The molecule has 0 unspecified atom stereocenters. The van der Waals surface area contributed by atoms with E-state index in [1.54, 1.807) is 6.92 Å². The summed E-state index contributed by atoms with van der Waals surface area (Å²) in [6, 6.07) is 16.5. The van der Waals surface area contributed by atoms with Gasteiger partial charge in [0.05, 0.1) is 11.2 Å². The molecule has 2 aromatic carbocycles. The molecule has 1 aliphatic carbocycles. The van der Waals surface area contributed by atoms with E-state index in [1.807, 2.05) is 35.2 Å². The highest BCUT2D eigenvalue weighted by molar-refractivity contribution is 6.30. The van der Waals surface area contributed by atoms with E-state index < -0.39 is 0 Å². The molecule has 0 aliphatic heterocycles. The second kappa shape index (κ2) is 6.73. The highest BCUT2D eigenvalue weighted by Crippen LogP contribution is 2.33.